The average Bonchev–Trinajstić information content (AvgIpc) is 2.83. The van der Waals surface area contributed by atoms with Crippen LogP contribution in [0.15, 0.2) is 66.9 Å². The molecule has 0 fully saturated rings. The summed E-state index contributed by atoms with van der Waals surface area (Å²) in [4.78, 5) is 4.40. The lowest BCUT2D eigenvalue weighted by molar-refractivity contribution is 1.07. The predicted octanol–water partition coefficient (Wildman–Crippen LogP) is 3.60. The first-order valence-corrected chi connectivity index (χ1v) is 5.80. The molecule has 2 radical (unpaired) electrons. The molecule has 0 bridgehead atoms. The van der Waals surface area contributed by atoms with Crippen molar-refractivity contribution in [1.29, 1.82) is 0 Å². The number of rotatable bonds is 2. The molecule has 1 heterocycles. The second-order valence-electron chi connectivity index (χ2n) is 4.06. The zero-order chi connectivity index (χ0) is 12.4. The highest BCUT2D eigenvalue weighted by molar-refractivity contribution is 5.59. The van der Waals surface area contributed by atoms with Gasteiger partial charge in [0, 0.05) is 24.4 Å². The first kappa shape index (κ1) is 10.8. The van der Waals surface area contributed by atoms with Crippen molar-refractivity contribution in [2.75, 3.05) is 0 Å². The van der Waals surface area contributed by atoms with Gasteiger partial charge in [-0.1, -0.05) is 48.5 Å². The van der Waals surface area contributed by atoms with E-state index in [-0.39, 0.29) is 0 Å². The fraction of sp³-hybridized carbons (Fsp3) is 0. The Kier molecular flexibility index (Phi) is 2.69. The fourth-order valence-corrected chi connectivity index (χ4v) is 1.97. The van der Waals surface area contributed by atoms with Gasteiger partial charge in [0.05, 0.1) is 5.69 Å². The lowest BCUT2D eigenvalue weighted by atomic mass is 10.2. The Hall–Kier alpha value is -2.35. The maximum absolute atomic E-state index is 5.82. The van der Waals surface area contributed by atoms with E-state index in [4.69, 9.17) is 6.92 Å². The summed E-state index contributed by atoms with van der Waals surface area (Å²) in [6, 6.07) is 20.1. The molecule has 0 aliphatic carbocycles. The molecule has 2 heteroatoms. The smallest absolute Gasteiger partial charge is 0.144 e. The van der Waals surface area contributed by atoms with Crippen LogP contribution in [0, 0.1) is 6.92 Å². The van der Waals surface area contributed by atoms with Crippen molar-refractivity contribution >= 4 is 0 Å². The third kappa shape index (κ3) is 1.93. The van der Waals surface area contributed by atoms with Gasteiger partial charge in [-0.2, -0.15) is 0 Å². The van der Waals surface area contributed by atoms with E-state index in [0.717, 1.165) is 17.1 Å². The van der Waals surface area contributed by atoms with Crippen LogP contribution in [0.2, 0.25) is 0 Å². The highest BCUT2D eigenvalue weighted by Crippen LogP contribution is 2.22. The zero-order valence-electron chi connectivity index (χ0n) is 9.82. The van der Waals surface area contributed by atoms with Crippen LogP contribution in [0.3, 0.4) is 0 Å². The van der Waals surface area contributed by atoms with Crippen LogP contribution in [-0.4, -0.2) is 9.55 Å². The van der Waals surface area contributed by atoms with E-state index >= 15 is 0 Å². The van der Waals surface area contributed by atoms with Gasteiger partial charge < -0.3 is 0 Å². The molecule has 86 valence electrons. The van der Waals surface area contributed by atoms with Gasteiger partial charge >= 0.3 is 0 Å². The summed E-state index contributed by atoms with van der Waals surface area (Å²) in [5, 5.41) is 0. The summed E-state index contributed by atoms with van der Waals surface area (Å²) in [7, 11) is 0. The zero-order valence-corrected chi connectivity index (χ0v) is 9.82. The van der Waals surface area contributed by atoms with Crippen LogP contribution in [0.4, 0.5) is 0 Å². The largest absolute Gasteiger partial charge is 0.300 e. The molecular weight excluding hydrogens is 220 g/mol. The van der Waals surface area contributed by atoms with Crippen molar-refractivity contribution in [2.45, 2.75) is 0 Å². The van der Waals surface area contributed by atoms with Crippen LogP contribution >= 0.6 is 0 Å². The molecule has 0 N–H and O–H groups in total. The van der Waals surface area contributed by atoms with Gasteiger partial charge in [-0.3, -0.25) is 4.57 Å². The highest BCUT2D eigenvalue weighted by atomic mass is 15.1. The number of para-hydroxylation sites is 1. The predicted molar refractivity (Wildman–Crippen MR) is 72.4 cm³/mol. The van der Waals surface area contributed by atoms with E-state index < -0.39 is 0 Å². The lowest BCUT2D eigenvalue weighted by Gasteiger charge is -2.07. The quantitative estimate of drug-likeness (QED) is 0.660. The van der Waals surface area contributed by atoms with E-state index in [2.05, 4.69) is 4.98 Å². The molecule has 3 aromatic rings. The SMILES string of the molecule is [CH]c1cn(-c2ccccc2)c(-c2ccccc2)n1. The third-order valence-electron chi connectivity index (χ3n) is 2.79. The van der Waals surface area contributed by atoms with Gasteiger partial charge in [0.15, 0.2) is 0 Å². The van der Waals surface area contributed by atoms with E-state index in [1.165, 1.54) is 0 Å². The minimum Gasteiger partial charge on any atom is -0.300 e. The van der Waals surface area contributed by atoms with Crippen molar-refractivity contribution in [3.05, 3.63) is 79.5 Å². The minimum absolute atomic E-state index is 0.526. The molecule has 0 atom stereocenters. The van der Waals surface area contributed by atoms with Gasteiger partial charge in [-0.15, -0.1) is 0 Å². The van der Waals surface area contributed by atoms with Gasteiger partial charge in [-0.25, -0.2) is 4.98 Å². The molecule has 0 aliphatic rings. The van der Waals surface area contributed by atoms with Gasteiger partial charge in [0.2, 0.25) is 0 Å². The summed E-state index contributed by atoms with van der Waals surface area (Å²) < 4.78 is 2.00. The molecule has 0 aliphatic heterocycles. The summed E-state index contributed by atoms with van der Waals surface area (Å²) >= 11 is 0. The van der Waals surface area contributed by atoms with Crippen molar-refractivity contribution in [1.82, 2.24) is 9.55 Å². The summed E-state index contributed by atoms with van der Waals surface area (Å²) in [5.41, 5.74) is 2.64. The van der Waals surface area contributed by atoms with Crippen molar-refractivity contribution < 1.29 is 0 Å². The van der Waals surface area contributed by atoms with Crippen LogP contribution in [0.1, 0.15) is 5.69 Å². The van der Waals surface area contributed by atoms with E-state index in [1.807, 2.05) is 71.4 Å². The first-order valence-electron chi connectivity index (χ1n) is 5.80. The maximum Gasteiger partial charge on any atom is 0.144 e. The summed E-state index contributed by atoms with van der Waals surface area (Å²) in [6.45, 7) is 5.82. The van der Waals surface area contributed by atoms with Crippen molar-refractivity contribution in [3.8, 4) is 17.1 Å². The number of hydrogen-bond donors (Lipinski definition) is 0. The van der Waals surface area contributed by atoms with Gasteiger partial charge in [0.25, 0.3) is 0 Å². The second kappa shape index (κ2) is 4.49. The number of benzene rings is 2. The maximum atomic E-state index is 5.82. The Bertz CT molecular complexity index is 582. The molecule has 1 aromatic heterocycles. The highest BCUT2D eigenvalue weighted by Gasteiger charge is 2.08. The summed E-state index contributed by atoms with van der Waals surface area (Å²) in [6.07, 6.45) is 1.84. The van der Waals surface area contributed by atoms with Gasteiger partial charge in [0.1, 0.15) is 5.82 Å². The van der Waals surface area contributed by atoms with Gasteiger partial charge in [-0.05, 0) is 12.1 Å². The first-order chi connectivity index (χ1) is 8.84. The van der Waals surface area contributed by atoms with Crippen LogP contribution < -0.4 is 0 Å². The van der Waals surface area contributed by atoms with Crippen LogP contribution in [-0.2, 0) is 0 Å². The van der Waals surface area contributed by atoms with E-state index in [0.29, 0.717) is 5.69 Å². The molecule has 2 nitrogen and oxygen atoms in total. The molecule has 3 rings (SSSR count). The Morgan fingerprint density at radius 2 is 1.44 bits per heavy atom. The Labute approximate surface area is 107 Å². The monoisotopic (exact) mass is 232 g/mol. The van der Waals surface area contributed by atoms with Crippen molar-refractivity contribution in [3.63, 3.8) is 0 Å². The topological polar surface area (TPSA) is 17.8 Å². The molecule has 0 unspecified atom stereocenters. The van der Waals surface area contributed by atoms with Crippen molar-refractivity contribution in [2.24, 2.45) is 0 Å². The summed E-state index contributed by atoms with van der Waals surface area (Å²) in [5.74, 6) is 0.860. The van der Waals surface area contributed by atoms with E-state index in [9.17, 15) is 0 Å². The molecule has 2 aromatic carbocycles. The number of aromatic nitrogens is 2. The van der Waals surface area contributed by atoms with Crippen LogP contribution in [0.25, 0.3) is 17.1 Å². The Morgan fingerprint density at radius 3 is 2.11 bits per heavy atom. The molecule has 0 saturated heterocycles. The Morgan fingerprint density at radius 1 is 0.833 bits per heavy atom. The number of nitrogens with zero attached hydrogens (tertiary/aromatic N) is 2. The average molecular weight is 232 g/mol. The molecular formula is C16H12N2. The van der Waals surface area contributed by atoms with Crippen LogP contribution in [0.5, 0.6) is 0 Å². The minimum atomic E-state index is 0.526. The molecule has 0 saturated carbocycles. The molecule has 18 heavy (non-hydrogen) atoms. The normalized spacial score (nSPS) is 10.5. The standard InChI is InChI=1S/C16H12N2/c1-13-12-18(15-10-6-3-7-11-15)16(17-13)14-8-4-2-5-9-14/h1-12H. The second-order valence-corrected chi connectivity index (χ2v) is 4.06. The van der Waals surface area contributed by atoms with E-state index in [1.54, 1.807) is 0 Å². The fourth-order valence-electron chi connectivity index (χ4n) is 1.97. The lowest BCUT2D eigenvalue weighted by Crippen LogP contribution is -1.95. The number of imidazole rings is 1. The third-order valence-corrected chi connectivity index (χ3v) is 2.79. The number of hydrogen-bond acceptors (Lipinski definition) is 1. The molecule has 0 spiro atoms. The Balaban J connectivity index is 2.17. The molecule has 0 amide bonds.